The first-order valence-corrected chi connectivity index (χ1v) is 4.69. The van der Waals surface area contributed by atoms with E-state index in [1.807, 2.05) is 6.07 Å². The van der Waals surface area contributed by atoms with Gasteiger partial charge in [-0.05, 0) is 37.6 Å². The first kappa shape index (κ1) is 8.57. The van der Waals surface area contributed by atoms with Crippen LogP contribution in [-0.2, 0) is 0 Å². The Morgan fingerprint density at radius 2 is 2.31 bits per heavy atom. The molecule has 1 aromatic rings. The van der Waals surface area contributed by atoms with Crippen molar-refractivity contribution in [2.45, 2.75) is 13.3 Å². The smallest absolute Gasteiger partial charge is 0.132 e. The Bertz CT molecular complexity index is 325. The van der Waals surface area contributed by atoms with Gasteiger partial charge in [-0.2, -0.15) is 0 Å². The van der Waals surface area contributed by atoms with Crippen molar-refractivity contribution in [1.29, 1.82) is 0 Å². The topological polar surface area (TPSA) is 16.4 Å². The Balaban J connectivity index is 2.23. The van der Waals surface area contributed by atoms with E-state index in [0.717, 1.165) is 25.3 Å². The highest BCUT2D eigenvalue weighted by Crippen LogP contribution is 2.25. The van der Waals surface area contributed by atoms with E-state index in [-0.39, 0.29) is 0 Å². The minimum atomic E-state index is 1.04. The SMILES string of the molecule is Cc1ccoc1C1=CCN(C)CC1. The minimum absolute atomic E-state index is 1.04. The molecule has 2 rings (SSSR count). The van der Waals surface area contributed by atoms with Gasteiger partial charge in [-0.15, -0.1) is 0 Å². The highest BCUT2D eigenvalue weighted by Gasteiger charge is 2.13. The molecule has 0 radical (unpaired) electrons. The van der Waals surface area contributed by atoms with E-state index in [1.165, 1.54) is 11.1 Å². The van der Waals surface area contributed by atoms with Crippen molar-refractivity contribution in [3.05, 3.63) is 29.7 Å². The quantitative estimate of drug-likeness (QED) is 0.654. The highest BCUT2D eigenvalue weighted by atomic mass is 16.3. The van der Waals surface area contributed by atoms with Crippen LogP contribution in [0, 0.1) is 6.92 Å². The summed E-state index contributed by atoms with van der Waals surface area (Å²) in [6, 6.07) is 2.02. The molecular weight excluding hydrogens is 162 g/mol. The molecule has 0 bridgehead atoms. The van der Waals surface area contributed by atoms with E-state index in [4.69, 9.17) is 4.42 Å². The van der Waals surface area contributed by atoms with Gasteiger partial charge < -0.3 is 9.32 Å². The van der Waals surface area contributed by atoms with Crippen molar-refractivity contribution in [2.75, 3.05) is 20.1 Å². The Hall–Kier alpha value is -1.02. The maximum absolute atomic E-state index is 5.45. The molecule has 0 amide bonds. The van der Waals surface area contributed by atoms with E-state index in [9.17, 15) is 0 Å². The summed E-state index contributed by atoms with van der Waals surface area (Å²) in [5, 5.41) is 0. The molecule has 0 atom stereocenters. The second kappa shape index (κ2) is 3.38. The average molecular weight is 177 g/mol. The number of furan rings is 1. The number of nitrogens with zero attached hydrogens (tertiary/aromatic N) is 1. The molecule has 1 aliphatic rings. The summed E-state index contributed by atoms with van der Waals surface area (Å²) in [6.45, 7) is 4.26. The molecule has 0 unspecified atom stereocenters. The summed E-state index contributed by atoms with van der Waals surface area (Å²) in [5.74, 6) is 1.08. The molecule has 0 saturated heterocycles. The molecule has 0 aliphatic carbocycles. The zero-order valence-corrected chi connectivity index (χ0v) is 8.21. The van der Waals surface area contributed by atoms with Crippen LogP contribution in [0.1, 0.15) is 17.7 Å². The Kier molecular flexibility index (Phi) is 2.23. The molecule has 1 aliphatic heterocycles. The Morgan fingerprint density at radius 1 is 1.46 bits per heavy atom. The average Bonchev–Trinajstić information content (AvgIpc) is 2.53. The lowest BCUT2D eigenvalue weighted by molar-refractivity contribution is 0.367. The van der Waals surface area contributed by atoms with Crippen LogP contribution in [0.25, 0.3) is 5.57 Å². The minimum Gasteiger partial charge on any atom is -0.464 e. The molecule has 2 heterocycles. The van der Waals surface area contributed by atoms with Crippen molar-refractivity contribution in [3.8, 4) is 0 Å². The Morgan fingerprint density at radius 3 is 2.85 bits per heavy atom. The summed E-state index contributed by atoms with van der Waals surface area (Å²) in [5.41, 5.74) is 2.61. The van der Waals surface area contributed by atoms with E-state index in [2.05, 4.69) is 24.9 Å². The molecule has 1 aromatic heterocycles. The van der Waals surface area contributed by atoms with Gasteiger partial charge in [-0.3, -0.25) is 0 Å². The van der Waals surface area contributed by atoms with Crippen molar-refractivity contribution in [1.82, 2.24) is 4.90 Å². The molecule has 0 spiro atoms. The fourth-order valence-corrected chi connectivity index (χ4v) is 1.68. The number of hydrogen-bond donors (Lipinski definition) is 0. The first-order chi connectivity index (χ1) is 6.27. The predicted molar refractivity (Wildman–Crippen MR) is 53.5 cm³/mol. The van der Waals surface area contributed by atoms with Gasteiger partial charge in [-0.25, -0.2) is 0 Å². The lowest BCUT2D eigenvalue weighted by Crippen LogP contribution is -2.23. The van der Waals surface area contributed by atoms with Crippen molar-refractivity contribution >= 4 is 5.57 Å². The van der Waals surface area contributed by atoms with Crippen LogP contribution in [0.2, 0.25) is 0 Å². The molecule has 70 valence electrons. The van der Waals surface area contributed by atoms with Crippen LogP contribution in [0.15, 0.2) is 22.8 Å². The van der Waals surface area contributed by atoms with Gasteiger partial charge in [0.2, 0.25) is 0 Å². The van der Waals surface area contributed by atoms with Gasteiger partial charge in [0.15, 0.2) is 0 Å². The predicted octanol–water partition coefficient (Wildman–Crippen LogP) is 2.31. The fraction of sp³-hybridized carbons (Fsp3) is 0.455. The monoisotopic (exact) mass is 177 g/mol. The standard InChI is InChI=1S/C11H15NO/c1-9-5-8-13-11(9)10-3-6-12(2)7-4-10/h3,5,8H,4,6-7H2,1-2H3. The van der Waals surface area contributed by atoms with Gasteiger partial charge >= 0.3 is 0 Å². The van der Waals surface area contributed by atoms with Crippen molar-refractivity contribution in [2.24, 2.45) is 0 Å². The Labute approximate surface area is 78.8 Å². The van der Waals surface area contributed by atoms with Gasteiger partial charge in [0.25, 0.3) is 0 Å². The maximum atomic E-state index is 5.45. The van der Waals surface area contributed by atoms with E-state index < -0.39 is 0 Å². The zero-order chi connectivity index (χ0) is 9.26. The number of aryl methyl sites for hydroxylation is 1. The van der Waals surface area contributed by atoms with Crippen LogP contribution in [0.3, 0.4) is 0 Å². The lowest BCUT2D eigenvalue weighted by atomic mass is 10.0. The second-order valence-corrected chi connectivity index (χ2v) is 3.67. The number of likely N-dealkylation sites (N-methyl/N-ethyl adjacent to an activating group) is 1. The summed E-state index contributed by atoms with van der Waals surface area (Å²) in [4.78, 5) is 2.31. The summed E-state index contributed by atoms with van der Waals surface area (Å²) < 4.78 is 5.45. The van der Waals surface area contributed by atoms with E-state index in [0.29, 0.717) is 0 Å². The molecule has 13 heavy (non-hydrogen) atoms. The first-order valence-electron chi connectivity index (χ1n) is 4.69. The van der Waals surface area contributed by atoms with Crippen LogP contribution < -0.4 is 0 Å². The normalized spacial score (nSPS) is 18.8. The third-order valence-electron chi connectivity index (χ3n) is 2.57. The van der Waals surface area contributed by atoms with Crippen molar-refractivity contribution in [3.63, 3.8) is 0 Å². The summed E-state index contributed by atoms with van der Waals surface area (Å²) in [6.07, 6.45) is 5.13. The number of hydrogen-bond acceptors (Lipinski definition) is 2. The molecule has 0 N–H and O–H groups in total. The molecular formula is C11H15NO. The maximum Gasteiger partial charge on any atom is 0.132 e. The summed E-state index contributed by atoms with van der Waals surface area (Å²) >= 11 is 0. The van der Waals surface area contributed by atoms with Gasteiger partial charge in [0.1, 0.15) is 5.76 Å². The highest BCUT2D eigenvalue weighted by molar-refractivity contribution is 5.64. The molecule has 0 fully saturated rings. The van der Waals surface area contributed by atoms with E-state index >= 15 is 0 Å². The largest absolute Gasteiger partial charge is 0.464 e. The van der Waals surface area contributed by atoms with Crippen LogP contribution in [-0.4, -0.2) is 25.0 Å². The van der Waals surface area contributed by atoms with Crippen LogP contribution >= 0.6 is 0 Å². The zero-order valence-electron chi connectivity index (χ0n) is 8.21. The van der Waals surface area contributed by atoms with E-state index in [1.54, 1.807) is 6.26 Å². The second-order valence-electron chi connectivity index (χ2n) is 3.67. The molecule has 2 nitrogen and oxygen atoms in total. The van der Waals surface area contributed by atoms with Crippen LogP contribution in [0.4, 0.5) is 0 Å². The molecule has 2 heteroatoms. The van der Waals surface area contributed by atoms with Gasteiger partial charge in [-0.1, -0.05) is 6.08 Å². The van der Waals surface area contributed by atoms with Crippen LogP contribution in [0.5, 0.6) is 0 Å². The third-order valence-corrected chi connectivity index (χ3v) is 2.57. The van der Waals surface area contributed by atoms with Gasteiger partial charge in [0, 0.05) is 13.1 Å². The van der Waals surface area contributed by atoms with Gasteiger partial charge in [0.05, 0.1) is 6.26 Å². The lowest BCUT2D eigenvalue weighted by Gasteiger charge is -2.21. The number of rotatable bonds is 1. The third kappa shape index (κ3) is 1.68. The molecule has 0 saturated carbocycles. The van der Waals surface area contributed by atoms with Crippen molar-refractivity contribution < 1.29 is 4.42 Å². The fourth-order valence-electron chi connectivity index (χ4n) is 1.68. The molecule has 0 aromatic carbocycles. The summed E-state index contributed by atoms with van der Waals surface area (Å²) in [7, 11) is 2.14.